The molecule has 0 aromatic carbocycles. The molecule has 0 aromatic heterocycles. The van der Waals surface area contributed by atoms with Crippen molar-refractivity contribution < 1.29 is 27.9 Å². The van der Waals surface area contributed by atoms with Crippen molar-refractivity contribution in [2.24, 2.45) is 5.41 Å². The highest BCUT2D eigenvalue weighted by atomic mass is 19.4. The Balaban J connectivity index is 4.73. The summed E-state index contributed by atoms with van der Waals surface area (Å²) in [5, 5.41) is 8.72. The van der Waals surface area contributed by atoms with E-state index in [1.165, 1.54) is 0 Å². The van der Waals surface area contributed by atoms with Gasteiger partial charge in [-0.1, -0.05) is 27.2 Å². The van der Waals surface area contributed by atoms with Crippen LogP contribution in [-0.2, 0) is 9.59 Å². The van der Waals surface area contributed by atoms with E-state index in [-0.39, 0.29) is 19.4 Å². The van der Waals surface area contributed by atoms with Crippen molar-refractivity contribution in [1.82, 2.24) is 4.90 Å². The molecule has 0 atom stereocenters. The first-order valence-corrected chi connectivity index (χ1v) is 6.53. The lowest BCUT2D eigenvalue weighted by atomic mass is 9.85. The third-order valence-corrected chi connectivity index (χ3v) is 2.76. The van der Waals surface area contributed by atoms with Gasteiger partial charge in [0.15, 0.2) is 0 Å². The first kappa shape index (κ1) is 18.7. The minimum Gasteiger partial charge on any atom is -0.481 e. The van der Waals surface area contributed by atoms with Crippen molar-refractivity contribution in [3.05, 3.63) is 0 Å². The van der Waals surface area contributed by atoms with Gasteiger partial charge in [-0.05, 0) is 11.8 Å². The van der Waals surface area contributed by atoms with Crippen LogP contribution in [0.4, 0.5) is 13.2 Å². The standard InChI is InChI=1S/C13H22F3NO3/c1-4-5-6-17(9-13(14,15)16)10(18)7-12(2,3)8-11(19)20/h4-9H2,1-3H3,(H,19,20). The van der Waals surface area contributed by atoms with E-state index in [0.717, 1.165) is 4.90 Å². The van der Waals surface area contributed by atoms with Crippen LogP contribution in [0.2, 0.25) is 0 Å². The monoisotopic (exact) mass is 297 g/mol. The summed E-state index contributed by atoms with van der Waals surface area (Å²) in [7, 11) is 0. The maximum absolute atomic E-state index is 12.4. The number of carboxylic acids is 1. The summed E-state index contributed by atoms with van der Waals surface area (Å²) in [4.78, 5) is 23.4. The van der Waals surface area contributed by atoms with Gasteiger partial charge in [-0.25, -0.2) is 0 Å². The summed E-state index contributed by atoms with van der Waals surface area (Å²) in [6, 6.07) is 0. The van der Waals surface area contributed by atoms with Crippen molar-refractivity contribution in [2.45, 2.75) is 52.6 Å². The number of rotatable bonds is 8. The van der Waals surface area contributed by atoms with E-state index in [0.29, 0.717) is 12.8 Å². The zero-order valence-corrected chi connectivity index (χ0v) is 12.1. The zero-order valence-electron chi connectivity index (χ0n) is 12.1. The van der Waals surface area contributed by atoms with Crippen LogP contribution in [0.25, 0.3) is 0 Å². The molecule has 0 saturated carbocycles. The summed E-state index contributed by atoms with van der Waals surface area (Å²) < 4.78 is 37.3. The van der Waals surface area contributed by atoms with Gasteiger partial charge in [0, 0.05) is 13.0 Å². The normalized spacial score (nSPS) is 12.3. The number of unbranched alkanes of at least 4 members (excludes halogenated alkanes) is 1. The molecule has 1 N–H and O–H groups in total. The summed E-state index contributed by atoms with van der Waals surface area (Å²) in [5.74, 6) is -1.72. The number of hydrogen-bond acceptors (Lipinski definition) is 2. The molecule has 1 amide bonds. The van der Waals surface area contributed by atoms with Crippen molar-refractivity contribution in [3.63, 3.8) is 0 Å². The molecular formula is C13H22F3NO3. The maximum atomic E-state index is 12.4. The maximum Gasteiger partial charge on any atom is 0.406 e. The van der Waals surface area contributed by atoms with Gasteiger partial charge in [0.2, 0.25) is 5.91 Å². The number of aliphatic carboxylic acids is 1. The van der Waals surface area contributed by atoms with E-state index in [1.54, 1.807) is 13.8 Å². The third-order valence-electron chi connectivity index (χ3n) is 2.76. The first-order valence-electron chi connectivity index (χ1n) is 6.53. The number of carboxylic acid groups (broad SMARTS) is 1. The number of amides is 1. The average molecular weight is 297 g/mol. The Hall–Kier alpha value is -1.27. The molecule has 0 fully saturated rings. The molecule has 7 heteroatoms. The molecule has 0 unspecified atom stereocenters. The Bertz CT molecular complexity index is 340. The molecule has 20 heavy (non-hydrogen) atoms. The number of carbonyl (C=O) groups is 2. The van der Waals surface area contributed by atoms with Gasteiger partial charge in [0.1, 0.15) is 6.54 Å². The molecule has 0 bridgehead atoms. The summed E-state index contributed by atoms with van der Waals surface area (Å²) in [6.45, 7) is 3.70. The van der Waals surface area contributed by atoms with E-state index in [2.05, 4.69) is 0 Å². The highest BCUT2D eigenvalue weighted by Gasteiger charge is 2.35. The molecule has 0 rings (SSSR count). The Morgan fingerprint density at radius 2 is 1.70 bits per heavy atom. The summed E-state index contributed by atoms with van der Waals surface area (Å²) >= 11 is 0. The second-order valence-corrected chi connectivity index (χ2v) is 5.70. The lowest BCUT2D eigenvalue weighted by molar-refractivity contribution is -0.163. The Kier molecular flexibility index (Phi) is 7.02. The smallest absolute Gasteiger partial charge is 0.406 e. The Labute approximate surface area is 116 Å². The van der Waals surface area contributed by atoms with Crippen LogP contribution in [-0.4, -0.2) is 41.1 Å². The van der Waals surface area contributed by atoms with Gasteiger partial charge in [0.05, 0.1) is 6.42 Å². The van der Waals surface area contributed by atoms with Gasteiger partial charge < -0.3 is 10.0 Å². The van der Waals surface area contributed by atoms with Crippen molar-refractivity contribution in [3.8, 4) is 0 Å². The molecule has 4 nitrogen and oxygen atoms in total. The Morgan fingerprint density at radius 1 is 1.15 bits per heavy atom. The predicted molar refractivity (Wildman–Crippen MR) is 68.2 cm³/mol. The van der Waals surface area contributed by atoms with Crippen molar-refractivity contribution in [1.29, 1.82) is 0 Å². The van der Waals surface area contributed by atoms with Gasteiger partial charge in [-0.15, -0.1) is 0 Å². The Morgan fingerprint density at radius 3 is 2.10 bits per heavy atom. The fourth-order valence-corrected chi connectivity index (χ4v) is 1.85. The van der Waals surface area contributed by atoms with Crippen LogP contribution in [0.1, 0.15) is 46.5 Å². The second kappa shape index (κ2) is 7.50. The zero-order chi connectivity index (χ0) is 16.0. The number of hydrogen-bond donors (Lipinski definition) is 1. The molecule has 0 saturated heterocycles. The van der Waals surface area contributed by atoms with E-state index in [1.807, 2.05) is 6.92 Å². The highest BCUT2D eigenvalue weighted by Crippen LogP contribution is 2.27. The predicted octanol–water partition coefficient (Wildman–Crippen LogP) is 3.07. The summed E-state index contributed by atoms with van der Waals surface area (Å²) in [6.07, 6.45) is -3.74. The van der Waals surface area contributed by atoms with Gasteiger partial charge in [-0.3, -0.25) is 9.59 Å². The molecule has 118 valence electrons. The van der Waals surface area contributed by atoms with Crippen LogP contribution in [0, 0.1) is 5.41 Å². The molecule has 0 aliphatic carbocycles. The molecule has 0 radical (unpaired) electrons. The minimum atomic E-state index is -4.44. The topological polar surface area (TPSA) is 57.6 Å². The molecule has 0 heterocycles. The molecule has 0 spiro atoms. The number of carbonyl (C=O) groups excluding carboxylic acids is 1. The quantitative estimate of drug-likeness (QED) is 0.749. The van der Waals surface area contributed by atoms with Gasteiger partial charge in [-0.2, -0.15) is 13.2 Å². The highest BCUT2D eigenvalue weighted by molar-refractivity contribution is 5.78. The first-order chi connectivity index (χ1) is 8.97. The van der Waals surface area contributed by atoms with E-state index >= 15 is 0 Å². The third kappa shape index (κ3) is 8.77. The lowest BCUT2D eigenvalue weighted by Crippen LogP contribution is -2.41. The van der Waals surface area contributed by atoms with Gasteiger partial charge >= 0.3 is 12.1 Å². The SMILES string of the molecule is CCCCN(CC(F)(F)F)C(=O)CC(C)(C)CC(=O)O. The van der Waals surface area contributed by atoms with E-state index in [4.69, 9.17) is 5.11 Å². The van der Waals surface area contributed by atoms with Crippen LogP contribution >= 0.6 is 0 Å². The molecule has 0 aliphatic rings. The van der Waals surface area contributed by atoms with E-state index < -0.39 is 30.0 Å². The van der Waals surface area contributed by atoms with Crippen LogP contribution in [0.5, 0.6) is 0 Å². The fourth-order valence-electron chi connectivity index (χ4n) is 1.85. The largest absolute Gasteiger partial charge is 0.481 e. The molecule has 0 aromatic rings. The molecule has 0 aliphatic heterocycles. The number of nitrogens with zero attached hydrogens (tertiary/aromatic N) is 1. The van der Waals surface area contributed by atoms with Crippen LogP contribution < -0.4 is 0 Å². The number of halogens is 3. The fraction of sp³-hybridized carbons (Fsp3) is 0.846. The second-order valence-electron chi connectivity index (χ2n) is 5.70. The molecular weight excluding hydrogens is 275 g/mol. The number of alkyl halides is 3. The van der Waals surface area contributed by atoms with Crippen LogP contribution in [0.3, 0.4) is 0 Å². The minimum absolute atomic E-state index is 0.0397. The van der Waals surface area contributed by atoms with Crippen molar-refractivity contribution in [2.75, 3.05) is 13.1 Å². The van der Waals surface area contributed by atoms with Crippen LogP contribution in [0.15, 0.2) is 0 Å². The van der Waals surface area contributed by atoms with Crippen molar-refractivity contribution >= 4 is 11.9 Å². The van der Waals surface area contributed by atoms with Gasteiger partial charge in [0.25, 0.3) is 0 Å². The lowest BCUT2D eigenvalue weighted by Gasteiger charge is -2.28. The van der Waals surface area contributed by atoms with E-state index in [9.17, 15) is 22.8 Å². The summed E-state index contributed by atoms with van der Waals surface area (Å²) in [5.41, 5.74) is -0.862. The average Bonchev–Trinajstić information content (AvgIpc) is 2.19.